The fourth-order valence-electron chi connectivity index (χ4n) is 3.52. The van der Waals surface area contributed by atoms with Crippen LogP contribution in [-0.2, 0) is 0 Å². The van der Waals surface area contributed by atoms with Crippen LogP contribution in [-0.4, -0.2) is 58.1 Å². The summed E-state index contributed by atoms with van der Waals surface area (Å²) in [4.78, 5) is 23.8. The number of para-hydroxylation sites is 1. The first-order chi connectivity index (χ1) is 16.5. The first-order valence-electron chi connectivity index (χ1n) is 10.7. The van der Waals surface area contributed by atoms with Gasteiger partial charge in [-0.05, 0) is 31.3 Å². The number of rotatable bonds is 6. The summed E-state index contributed by atoms with van der Waals surface area (Å²) < 4.78 is 0. The zero-order chi connectivity index (χ0) is 23.5. The van der Waals surface area contributed by atoms with Crippen molar-refractivity contribution in [3.05, 3.63) is 64.8 Å². The van der Waals surface area contributed by atoms with E-state index in [0.29, 0.717) is 33.0 Å². The van der Waals surface area contributed by atoms with Crippen LogP contribution >= 0.6 is 34.5 Å². The maximum atomic E-state index is 6.37. The molecule has 0 spiro atoms. The topological polar surface area (TPSA) is 82.1 Å². The van der Waals surface area contributed by atoms with Gasteiger partial charge in [0.2, 0.25) is 17.8 Å². The van der Waals surface area contributed by atoms with Crippen molar-refractivity contribution in [3.63, 3.8) is 0 Å². The summed E-state index contributed by atoms with van der Waals surface area (Å²) in [6.45, 7) is 3.60. The third kappa shape index (κ3) is 5.39. The number of hydrogen-bond acceptors (Lipinski definition) is 9. The van der Waals surface area contributed by atoms with E-state index in [4.69, 9.17) is 23.2 Å². The lowest BCUT2D eigenvalue weighted by atomic mass is 10.2. The molecule has 1 aliphatic rings. The Kier molecular flexibility index (Phi) is 6.77. The van der Waals surface area contributed by atoms with Crippen molar-refractivity contribution in [1.82, 2.24) is 24.8 Å². The van der Waals surface area contributed by atoms with Gasteiger partial charge in [-0.25, -0.2) is 4.98 Å². The van der Waals surface area contributed by atoms with Crippen molar-refractivity contribution in [2.75, 3.05) is 48.8 Å². The van der Waals surface area contributed by atoms with Gasteiger partial charge in [0.1, 0.15) is 0 Å². The minimum atomic E-state index is 0.422. The monoisotopic (exact) mass is 512 g/mol. The molecule has 0 amide bonds. The molecule has 0 saturated carbocycles. The smallest absolute Gasteiger partial charge is 0.235 e. The molecule has 0 unspecified atom stereocenters. The Morgan fingerprint density at radius 2 is 1.62 bits per heavy atom. The number of benzene rings is 2. The van der Waals surface area contributed by atoms with Crippen molar-refractivity contribution >= 4 is 63.2 Å². The van der Waals surface area contributed by atoms with Crippen LogP contribution in [0.1, 0.15) is 0 Å². The van der Waals surface area contributed by atoms with E-state index >= 15 is 0 Å². The molecule has 0 atom stereocenters. The molecule has 1 saturated heterocycles. The number of hydrogen-bond donors (Lipinski definition) is 2. The van der Waals surface area contributed by atoms with E-state index in [9.17, 15) is 0 Å². The maximum absolute atomic E-state index is 6.37. The summed E-state index contributed by atoms with van der Waals surface area (Å²) >= 11 is 13.9. The molecule has 2 aromatic carbocycles. The van der Waals surface area contributed by atoms with Gasteiger partial charge in [-0.3, -0.25) is 5.32 Å². The van der Waals surface area contributed by atoms with E-state index in [2.05, 4.69) is 47.4 Å². The van der Waals surface area contributed by atoms with Gasteiger partial charge >= 0.3 is 0 Å². The van der Waals surface area contributed by atoms with Crippen LogP contribution in [0.25, 0.3) is 10.4 Å². The quantitative estimate of drug-likeness (QED) is 0.348. The number of aromatic nitrogens is 4. The average Bonchev–Trinajstić information content (AvgIpc) is 3.28. The number of nitrogens with zero attached hydrogens (tertiary/aromatic N) is 6. The normalized spacial score (nSPS) is 14.3. The van der Waals surface area contributed by atoms with E-state index < -0.39 is 0 Å². The maximum Gasteiger partial charge on any atom is 0.235 e. The second kappa shape index (κ2) is 10.1. The van der Waals surface area contributed by atoms with Crippen LogP contribution < -0.4 is 15.5 Å². The molecule has 34 heavy (non-hydrogen) atoms. The summed E-state index contributed by atoms with van der Waals surface area (Å²) in [6, 6.07) is 15.2. The van der Waals surface area contributed by atoms with Crippen LogP contribution in [0.5, 0.6) is 0 Å². The minimum absolute atomic E-state index is 0.422. The molecule has 0 radical (unpaired) electrons. The number of piperazine rings is 1. The zero-order valence-corrected chi connectivity index (χ0v) is 20.7. The highest BCUT2D eigenvalue weighted by molar-refractivity contribution is 7.19. The predicted octanol–water partition coefficient (Wildman–Crippen LogP) is 5.54. The molecule has 8 nitrogen and oxygen atoms in total. The summed E-state index contributed by atoms with van der Waals surface area (Å²) in [7, 11) is 2.12. The molecule has 2 aromatic heterocycles. The lowest BCUT2D eigenvalue weighted by Crippen LogP contribution is -2.45. The molecule has 2 N–H and O–H groups in total. The number of thiazole rings is 1. The van der Waals surface area contributed by atoms with Crippen LogP contribution in [0.4, 0.5) is 28.7 Å². The third-order valence-electron chi connectivity index (χ3n) is 5.36. The largest absolute Gasteiger partial charge is 0.338 e. The highest BCUT2D eigenvalue weighted by Gasteiger charge is 2.19. The Labute approximate surface area is 211 Å². The van der Waals surface area contributed by atoms with Crippen molar-refractivity contribution in [2.45, 2.75) is 0 Å². The molecule has 4 aromatic rings. The van der Waals surface area contributed by atoms with Gasteiger partial charge in [-0.1, -0.05) is 58.8 Å². The van der Waals surface area contributed by atoms with Crippen LogP contribution in [0.2, 0.25) is 10.0 Å². The highest BCUT2D eigenvalue weighted by atomic mass is 35.5. The first kappa shape index (κ1) is 22.8. The molecular weight excluding hydrogens is 491 g/mol. The van der Waals surface area contributed by atoms with Gasteiger partial charge in [-0.15, -0.1) is 0 Å². The molecule has 0 aliphatic carbocycles. The molecule has 11 heteroatoms. The Hall–Kier alpha value is -2.98. The Balaban J connectivity index is 1.42. The van der Waals surface area contributed by atoms with Gasteiger partial charge in [-0.2, -0.15) is 15.0 Å². The number of anilines is 5. The summed E-state index contributed by atoms with van der Waals surface area (Å²) in [5, 5.41) is 8.34. The van der Waals surface area contributed by atoms with E-state index in [1.165, 1.54) is 11.3 Å². The summed E-state index contributed by atoms with van der Waals surface area (Å²) in [5.41, 5.74) is 1.77. The molecular formula is C23H22Cl2N8S. The van der Waals surface area contributed by atoms with Crippen molar-refractivity contribution in [3.8, 4) is 10.4 Å². The fourth-order valence-corrected chi connectivity index (χ4v) is 4.93. The number of halogens is 2. The SMILES string of the molecule is CN1CCN(c2nc(Nc3ccccc3)nc(Nc3ncc(-c4ccc(Cl)cc4Cl)s3)n2)CC1. The lowest BCUT2D eigenvalue weighted by molar-refractivity contribution is 0.311. The van der Waals surface area contributed by atoms with E-state index in [1.54, 1.807) is 12.3 Å². The van der Waals surface area contributed by atoms with Gasteiger partial charge in [0.15, 0.2) is 5.13 Å². The van der Waals surface area contributed by atoms with Crippen LogP contribution in [0, 0.1) is 0 Å². The van der Waals surface area contributed by atoms with Gasteiger partial charge in [0.05, 0.1) is 9.90 Å². The second-order valence-electron chi connectivity index (χ2n) is 7.84. The molecule has 0 bridgehead atoms. The summed E-state index contributed by atoms with van der Waals surface area (Å²) in [5.74, 6) is 1.52. The van der Waals surface area contributed by atoms with E-state index in [-0.39, 0.29) is 0 Å². The van der Waals surface area contributed by atoms with Crippen molar-refractivity contribution < 1.29 is 0 Å². The Bertz CT molecular complexity index is 1280. The number of likely N-dealkylation sites (N-methyl/N-ethyl adjacent to an activating group) is 1. The minimum Gasteiger partial charge on any atom is -0.338 e. The number of nitrogens with one attached hydrogen (secondary N) is 2. The Morgan fingerprint density at radius 1 is 0.882 bits per heavy atom. The van der Waals surface area contributed by atoms with E-state index in [1.807, 2.05) is 42.5 Å². The fraction of sp³-hybridized carbons (Fsp3) is 0.217. The van der Waals surface area contributed by atoms with Gasteiger partial charge in [0, 0.05) is 48.6 Å². The Morgan fingerprint density at radius 3 is 2.35 bits per heavy atom. The second-order valence-corrected chi connectivity index (χ2v) is 9.72. The van der Waals surface area contributed by atoms with Crippen LogP contribution in [0.3, 0.4) is 0 Å². The van der Waals surface area contributed by atoms with Crippen LogP contribution in [0.15, 0.2) is 54.7 Å². The van der Waals surface area contributed by atoms with Crippen molar-refractivity contribution in [1.29, 1.82) is 0 Å². The molecule has 3 heterocycles. The van der Waals surface area contributed by atoms with Gasteiger partial charge < -0.3 is 15.1 Å². The average molecular weight is 513 g/mol. The molecule has 1 aliphatic heterocycles. The third-order valence-corrected chi connectivity index (χ3v) is 6.85. The standard InChI is InChI=1S/C23H22Cl2N8S/c1-32-9-11-33(12-10-32)22-29-20(27-16-5-3-2-4-6-16)28-21(30-22)31-23-26-14-19(34-23)17-8-7-15(24)13-18(17)25/h2-8,13-14H,9-12H2,1H3,(H2,26,27,28,29,30,31). The predicted molar refractivity (Wildman–Crippen MR) is 140 cm³/mol. The molecule has 5 rings (SSSR count). The lowest BCUT2D eigenvalue weighted by Gasteiger charge is -2.32. The summed E-state index contributed by atoms with van der Waals surface area (Å²) in [6.07, 6.45) is 1.77. The zero-order valence-electron chi connectivity index (χ0n) is 18.4. The van der Waals surface area contributed by atoms with E-state index in [0.717, 1.165) is 42.3 Å². The van der Waals surface area contributed by atoms with Gasteiger partial charge in [0.25, 0.3) is 0 Å². The first-order valence-corrected chi connectivity index (χ1v) is 12.3. The molecule has 1 fully saturated rings. The van der Waals surface area contributed by atoms with Crippen molar-refractivity contribution in [2.24, 2.45) is 0 Å². The highest BCUT2D eigenvalue weighted by Crippen LogP contribution is 2.36. The molecule has 174 valence electrons.